The topological polar surface area (TPSA) is 79.4 Å². The van der Waals surface area contributed by atoms with Gasteiger partial charge in [-0.05, 0) is 55.2 Å². The summed E-state index contributed by atoms with van der Waals surface area (Å²) in [7, 11) is -3.76. The van der Waals surface area contributed by atoms with Crippen LogP contribution in [0.1, 0.15) is 43.0 Å². The molecule has 1 amide bonds. The van der Waals surface area contributed by atoms with E-state index in [1.54, 1.807) is 42.7 Å². The van der Waals surface area contributed by atoms with Crippen molar-refractivity contribution >= 4 is 15.9 Å². The summed E-state index contributed by atoms with van der Waals surface area (Å²) in [6.07, 6.45) is 4.58. The first-order valence-electron chi connectivity index (χ1n) is 10.8. The summed E-state index contributed by atoms with van der Waals surface area (Å²) in [5.41, 5.74) is 1.90. The summed E-state index contributed by atoms with van der Waals surface area (Å²) in [6.45, 7) is 2.06. The standard InChI is InChI=1S/C25H27N3O3S/c1-19(20-14-16-26-17-15-20)27-25(29)22-12-13-24(21-8-4-2-5-9-21)28(18-22)32(30,31)23-10-6-3-7-11-23/h2-11,14-17,19,22,24H,12-13,18H2,1H3,(H,27,29). The summed E-state index contributed by atoms with van der Waals surface area (Å²) in [5, 5.41) is 3.04. The maximum atomic E-state index is 13.6. The van der Waals surface area contributed by atoms with Gasteiger partial charge in [-0.2, -0.15) is 4.31 Å². The molecule has 3 aromatic rings. The fourth-order valence-corrected chi connectivity index (χ4v) is 5.93. The van der Waals surface area contributed by atoms with Crippen molar-refractivity contribution in [3.63, 3.8) is 0 Å². The van der Waals surface area contributed by atoms with Gasteiger partial charge in [0.1, 0.15) is 0 Å². The molecular weight excluding hydrogens is 422 g/mol. The number of nitrogens with zero attached hydrogens (tertiary/aromatic N) is 2. The van der Waals surface area contributed by atoms with Gasteiger partial charge < -0.3 is 5.32 Å². The smallest absolute Gasteiger partial charge is 0.243 e. The van der Waals surface area contributed by atoms with E-state index in [0.29, 0.717) is 12.8 Å². The fraction of sp³-hybridized carbons (Fsp3) is 0.280. The quantitative estimate of drug-likeness (QED) is 0.614. The first kappa shape index (κ1) is 22.2. The molecule has 3 atom stereocenters. The highest BCUT2D eigenvalue weighted by atomic mass is 32.2. The zero-order valence-corrected chi connectivity index (χ0v) is 18.8. The molecule has 6 nitrogen and oxygen atoms in total. The van der Waals surface area contributed by atoms with Crippen LogP contribution in [0.3, 0.4) is 0 Å². The summed E-state index contributed by atoms with van der Waals surface area (Å²) < 4.78 is 28.6. The number of carbonyl (C=O) groups is 1. The van der Waals surface area contributed by atoms with Crippen LogP contribution in [0, 0.1) is 5.92 Å². The minimum atomic E-state index is -3.76. The zero-order valence-electron chi connectivity index (χ0n) is 18.0. The van der Waals surface area contributed by atoms with Gasteiger partial charge in [0.25, 0.3) is 0 Å². The molecule has 3 unspecified atom stereocenters. The first-order chi connectivity index (χ1) is 15.5. The van der Waals surface area contributed by atoms with Crippen LogP contribution in [-0.4, -0.2) is 30.2 Å². The van der Waals surface area contributed by atoms with Crippen molar-refractivity contribution < 1.29 is 13.2 Å². The number of aromatic nitrogens is 1. The number of carbonyl (C=O) groups excluding carboxylic acids is 1. The van der Waals surface area contributed by atoms with E-state index >= 15 is 0 Å². The molecule has 0 bridgehead atoms. The first-order valence-corrected chi connectivity index (χ1v) is 12.2. The SMILES string of the molecule is CC(NC(=O)C1CCC(c2ccccc2)N(S(=O)(=O)c2ccccc2)C1)c1ccncc1. The molecule has 2 aromatic carbocycles. The molecule has 7 heteroatoms. The Labute approximate surface area is 189 Å². The Balaban J connectivity index is 1.59. The molecule has 1 aliphatic rings. The maximum absolute atomic E-state index is 13.6. The number of amides is 1. The van der Waals surface area contributed by atoms with Gasteiger partial charge in [0.15, 0.2) is 0 Å². The zero-order chi connectivity index (χ0) is 22.6. The van der Waals surface area contributed by atoms with Gasteiger partial charge in [0.05, 0.1) is 22.9 Å². The minimum absolute atomic E-state index is 0.130. The molecule has 0 aliphatic carbocycles. The van der Waals surface area contributed by atoms with E-state index in [1.807, 2.05) is 49.4 Å². The van der Waals surface area contributed by atoms with Crippen LogP contribution in [0.15, 0.2) is 90.1 Å². The number of nitrogens with one attached hydrogen (secondary N) is 1. The molecule has 1 N–H and O–H groups in total. The van der Waals surface area contributed by atoms with E-state index in [1.165, 1.54) is 4.31 Å². The molecule has 1 aliphatic heterocycles. The van der Waals surface area contributed by atoms with Crippen LogP contribution >= 0.6 is 0 Å². The molecule has 4 rings (SSSR count). The fourth-order valence-electron chi connectivity index (χ4n) is 4.22. The average molecular weight is 450 g/mol. The van der Waals surface area contributed by atoms with E-state index in [9.17, 15) is 13.2 Å². The molecule has 1 aromatic heterocycles. The monoisotopic (exact) mass is 449 g/mol. The molecular formula is C25H27N3O3S. The Morgan fingerprint density at radius 3 is 2.25 bits per heavy atom. The number of hydrogen-bond acceptors (Lipinski definition) is 4. The Kier molecular flexibility index (Phi) is 6.67. The summed E-state index contributed by atoms with van der Waals surface area (Å²) in [5.74, 6) is -0.549. The molecule has 0 radical (unpaired) electrons. The van der Waals surface area contributed by atoms with Crippen LogP contribution in [0.25, 0.3) is 0 Å². The van der Waals surface area contributed by atoms with Crippen molar-refractivity contribution in [1.82, 2.24) is 14.6 Å². The highest BCUT2D eigenvalue weighted by molar-refractivity contribution is 7.89. The van der Waals surface area contributed by atoms with Gasteiger partial charge in [-0.15, -0.1) is 0 Å². The van der Waals surface area contributed by atoms with Crippen LogP contribution < -0.4 is 5.32 Å². The summed E-state index contributed by atoms with van der Waals surface area (Å²) in [6, 6.07) is 21.3. The van der Waals surface area contributed by atoms with E-state index in [-0.39, 0.29) is 29.4 Å². The number of pyridine rings is 1. The van der Waals surface area contributed by atoms with Crippen LogP contribution in [0.4, 0.5) is 0 Å². The van der Waals surface area contributed by atoms with Gasteiger partial charge in [-0.25, -0.2) is 8.42 Å². The molecule has 2 heterocycles. The highest BCUT2D eigenvalue weighted by Gasteiger charge is 2.40. The highest BCUT2D eigenvalue weighted by Crippen LogP contribution is 2.37. The number of sulfonamides is 1. The average Bonchev–Trinajstić information content (AvgIpc) is 2.85. The van der Waals surface area contributed by atoms with Gasteiger partial charge in [-0.1, -0.05) is 48.5 Å². The number of rotatable bonds is 6. The molecule has 1 fully saturated rings. The summed E-state index contributed by atoms with van der Waals surface area (Å²) in [4.78, 5) is 17.3. The van der Waals surface area contributed by atoms with E-state index < -0.39 is 15.9 Å². The lowest BCUT2D eigenvalue weighted by Crippen LogP contribution is -2.47. The predicted molar refractivity (Wildman–Crippen MR) is 123 cm³/mol. The van der Waals surface area contributed by atoms with Crippen LogP contribution in [0.2, 0.25) is 0 Å². The molecule has 166 valence electrons. The van der Waals surface area contributed by atoms with Crippen molar-refractivity contribution in [3.8, 4) is 0 Å². The second kappa shape index (κ2) is 9.63. The molecule has 0 saturated carbocycles. The predicted octanol–water partition coefficient (Wildman–Crippen LogP) is 4.10. The lowest BCUT2D eigenvalue weighted by molar-refractivity contribution is -0.127. The van der Waals surface area contributed by atoms with Crippen molar-refractivity contribution in [2.24, 2.45) is 5.92 Å². The number of hydrogen-bond donors (Lipinski definition) is 1. The number of piperidine rings is 1. The Bertz CT molecular complexity index is 1140. The van der Waals surface area contributed by atoms with Crippen molar-refractivity contribution in [2.45, 2.75) is 36.7 Å². The molecule has 32 heavy (non-hydrogen) atoms. The van der Waals surface area contributed by atoms with Crippen molar-refractivity contribution in [2.75, 3.05) is 6.54 Å². The normalized spacial score (nSPS) is 20.4. The molecule has 0 spiro atoms. The van der Waals surface area contributed by atoms with Gasteiger partial charge in [0, 0.05) is 18.9 Å². The Morgan fingerprint density at radius 1 is 0.969 bits per heavy atom. The largest absolute Gasteiger partial charge is 0.349 e. The summed E-state index contributed by atoms with van der Waals surface area (Å²) >= 11 is 0. The third kappa shape index (κ3) is 4.74. The van der Waals surface area contributed by atoms with Crippen LogP contribution in [-0.2, 0) is 14.8 Å². The molecule has 1 saturated heterocycles. The van der Waals surface area contributed by atoms with Gasteiger partial charge in [-0.3, -0.25) is 9.78 Å². The second-order valence-corrected chi connectivity index (χ2v) is 9.99. The maximum Gasteiger partial charge on any atom is 0.243 e. The van der Waals surface area contributed by atoms with Crippen molar-refractivity contribution in [1.29, 1.82) is 0 Å². The minimum Gasteiger partial charge on any atom is -0.349 e. The van der Waals surface area contributed by atoms with E-state index in [0.717, 1.165) is 11.1 Å². The number of benzene rings is 2. The Morgan fingerprint density at radius 2 is 1.59 bits per heavy atom. The van der Waals surface area contributed by atoms with Crippen LogP contribution in [0.5, 0.6) is 0 Å². The second-order valence-electron chi connectivity index (χ2n) is 8.10. The third-order valence-corrected chi connectivity index (χ3v) is 7.90. The van der Waals surface area contributed by atoms with E-state index in [4.69, 9.17) is 0 Å². The van der Waals surface area contributed by atoms with Gasteiger partial charge >= 0.3 is 0 Å². The Hall–Kier alpha value is -3.03. The lowest BCUT2D eigenvalue weighted by Gasteiger charge is -2.38. The van der Waals surface area contributed by atoms with E-state index in [2.05, 4.69) is 10.3 Å². The van der Waals surface area contributed by atoms with Crippen molar-refractivity contribution in [3.05, 3.63) is 96.3 Å². The third-order valence-electron chi connectivity index (χ3n) is 6.01. The lowest BCUT2D eigenvalue weighted by atomic mass is 9.90. The van der Waals surface area contributed by atoms with Gasteiger partial charge in [0.2, 0.25) is 15.9 Å².